The van der Waals surface area contributed by atoms with Crippen LogP contribution < -0.4 is 0 Å². The maximum Gasteiger partial charge on any atom is 0.319 e. The van der Waals surface area contributed by atoms with Crippen LogP contribution in [0.3, 0.4) is 0 Å². The third-order valence-corrected chi connectivity index (χ3v) is 3.76. The van der Waals surface area contributed by atoms with E-state index in [1.165, 1.54) is 0 Å². The molecule has 0 atom stereocenters. The Labute approximate surface area is 46.3 Å². The van der Waals surface area contributed by atoms with Crippen molar-refractivity contribution in [2.24, 2.45) is 0 Å². The molecule has 0 aliphatic carbocycles. The molecule has 0 saturated heterocycles. The molecule has 7 heavy (non-hydrogen) atoms. The van der Waals surface area contributed by atoms with Gasteiger partial charge in [0.15, 0.2) is 0 Å². The van der Waals surface area contributed by atoms with Gasteiger partial charge in [-0.1, -0.05) is 0 Å². The second-order valence-corrected chi connectivity index (χ2v) is 6.03. The van der Waals surface area contributed by atoms with E-state index in [1.54, 1.807) is 13.1 Å². The average molecular weight is 138 g/mol. The third kappa shape index (κ3) is 6.31. The fourth-order valence-corrected chi connectivity index (χ4v) is 1.42. The van der Waals surface area contributed by atoms with Crippen LogP contribution in [0.4, 0.5) is 0 Å². The second-order valence-electron chi connectivity index (χ2n) is 1.72. The minimum absolute atomic E-state index is 1.38. The monoisotopic (exact) mass is 138 g/mol. The smallest absolute Gasteiger partial charge is 0.319 e. The van der Waals surface area contributed by atoms with Gasteiger partial charge in [0.2, 0.25) is 0 Å². The molecule has 0 aromatic rings. The van der Waals surface area contributed by atoms with Crippen molar-refractivity contribution in [3.8, 4) is 0 Å². The molecule has 0 spiro atoms. The van der Waals surface area contributed by atoms with Gasteiger partial charge in [-0.2, -0.15) is 0 Å². The van der Waals surface area contributed by atoms with Crippen LogP contribution in [-0.2, 0) is 4.12 Å². The Bertz CT molecular complexity index is 49.4. The normalized spacial score (nSPS) is 13.7. The third-order valence-electron chi connectivity index (χ3n) is 0.418. The molecule has 44 valence electrons. The summed E-state index contributed by atoms with van der Waals surface area (Å²) in [6, 6.07) is 0. The maximum atomic E-state index is 8.81. The lowest BCUT2D eigenvalue weighted by Crippen LogP contribution is -2.31. The van der Waals surface area contributed by atoms with Gasteiger partial charge in [-0.15, -0.1) is 0 Å². The second kappa shape index (κ2) is 2.58. The summed E-state index contributed by atoms with van der Waals surface area (Å²) in [7, 11) is -3.72. The van der Waals surface area contributed by atoms with Crippen molar-refractivity contribution < 1.29 is 13.7 Å². The van der Waals surface area contributed by atoms with Crippen molar-refractivity contribution in [2.75, 3.05) is 0 Å². The molecule has 0 aromatic heterocycles. The quantitative estimate of drug-likeness (QED) is 0.466. The molecule has 0 bridgehead atoms. The van der Waals surface area contributed by atoms with Gasteiger partial charge in [0.25, 0.3) is 10.0 Å². The fraction of sp³-hybridized carbons (Fsp3) is 1.00. The van der Waals surface area contributed by atoms with E-state index in [0.717, 1.165) is 0 Å². The zero-order chi connectivity index (χ0) is 5.91. The Kier molecular flexibility index (Phi) is 2.69. The summed E-state index contributed by atoms with van der Waals surface area (Å²) >= 11 is 0. The van der Waals surface area contributed by atoms with Gasteiger partial charge in [-0.25, -0.2) is 0 Å². The molecule has 3 nitrogen and oxygen atoms in total. The van der Waals surface area contributed by atoms with Gasteiger partial charge < -0.3 is 13.7 Å². The summed E-state index contributed by atoms with van der Waals surface area (Å²) < 4.78 is 4.62. The Hall–Kier alpha value is 0.314. The minimum atomic E-state index is -2.35. The molecule has 0 aromatic carbocycles. The molecule has 5 heteroatoms. The molecular weight excluding hydrogens is 128 g/mol. The van der Waals surface area contributed by atoms with E-state index in [2.05, 4.69) is 4.12 Å². The van der Waals surface area contributed by atoms with Crippen LogP contribution in [0, 0.1) is 0 Å². The van der Waals surface area contributed by atoms with Crippen molar-refractivity contribution in [1.29, 1.82) is 0 Å². The summed E-state index contributed by atoms with van der Waals surface area (Å²) in [6.45, 7) is 3.24. The van der Waals surface area contributed by atoms with E-state index in [0.29, 0.717) is 0 Å². The topological polar surface area (TPSA) is 49.7 Å². The Balaban J connectivity index is 3.15. The lowest BCUT2D eigenvalue weighted by atomic mass is 11.9. The van der Waals surface area contributed by atoms with E-state index in [9.17, 15) is 0 Å². The molecule has 2 N–H and O–H groups in total. The number of rotatable bonds is 2. The van der Waals surface area contributed by atoms with Crippen molar-refractivity contribution in [3.05, 3.63) is 0 Å². The molecule has 0 rings (SSSR count). The first-order valence-electron chi connectivity index (χ1n) is 2.03. The van der Waals surface area contributed by atoms with Crippen LogP contribution in [0.15, 0.2) is 0 Å². The van der Waals surface area contributed by atoms with Gasteiger partial charge in [0, 0.05) is 0 Å². The minimum Gasteiger partial charge on any atom is -0.420 e. The summed E-state index contributed by atoms with van der Waals surface area (Å²) in [5, 5.41) is 0. The van der Waals surface area contributed by atoms with Gasteiger partial charge in [-0.3, -0.25) is 0 Å². The lowest BCUT2D eigenvalue weighted by Gasteiger charge is -2.11. The fourth-order valence-electron chi connectivity index (χ4n) is 0.158. The van der Waals surface area contributed by atoms with Gasteiger partial charge in [-0.05, 0) is 13.1 Å². The molecular formula is C2H10O3Si2. The molecule has 0 saturated carbocycles. The number of hydrogen-bond acceptors (Lipinski definition) is 3. The van der Waals surface area contributed by atoms with Crippen LogP contribution in [0.25, 0.3) is 0 Å². The first-order valence-corrected chi connectivity index (χ1v) is 6.10. The van der Waals surface area contributed by atoms with Crippen molar-refractivity contribution in [3.63, 3.8) is 0 Å². The molecule has 0 aliphatic heterocycles. The summed E-state index contributed by atoms with van der Waals surface area (Å²) in [5.74, 6) is 0. The van der Waals surface area contributed by atoms with Gasteiger partial charge in [0.05, 0.1) is 0 Å². The van der Waals surface area contributed by atoms with Crippen LogP contribution in [0.2, 0.25) is 13.1 Å². The Morgan fingerprint density at radius 2 is 2.00 bits per heavy atom. The SMILES string of the molecule is C[Si](C)(O)O[SiH2]O. The van der Waals surface area contributed by atoms with Crippen molar-refractivity contribution >= 4 is 18.6 Å². The average Bonchev–Trinajstić information content (AvgIpc) is 1.30. The largest absolute Gasteiger partial charge is 0.420 e. The predicted octanol–water partition coefficient (Wildman–Crippen LogP) is -1.31. The van der Waals surface area contributed by atoms with Crippen LogP contribution in [0.1, 0.15) is 0 Å². The van der Waals surface area contributed by atoms with Gasteiger partial charge >= 0.3 is 8.56 Å². The highest BCUT2D eigenvalue weighted by Crippen LogP contribution is 1.93. The van der Waals surface area contributed by atoms with E-state index >= 15 is 0 Å². The molecule has 0 amide bonds. The Morgan fingerprint density at radius 1 is 1.57 bits per heavy atom. The number of hydrogen-bond donors (Lipinski definition) is 2. The highest BCUT2D eigenvalue weighted by Gasteiger charge is 2.16. The van der Waals surface area contributed by atoms with Crippen LogP contribution in [0.5, 0.6) is 0 Å². The van der Waals surface area contributed by atoms with E-state index in [4.69, 9.17) is 9.59 Å². The summed E-state index contributed by atoms with van der Waals surface area (Å²) in [4.78, 5) is 17.0. The van der Waals surface area contributed by atoms with E-state index < -0.39 is 18.6 Å². The van der Waals surface area contributed by atoms with Crippen LogP contribution >= 0.6 is 0 Å². The van der Waals surface area contributed by atoms with Crippen molar-refractivity contribution in [1.82, 2.24) is 0 Å². The molecule has 0 aliphatic rings. The zero-order valence-corrected chi connectivity index (χ0v) is 6.92. The molecule has 0 fully saturated rings. The van der Waals surface area contributed by atoms with Gasteiger partial charge in [0.1, 0.15) is 0 Å². The zero-order valence-electron chi connectivity index (χ0n) is 4.51. The molecule has 0 unspecified atom stereocenters. The highest BCUT2D eigenvalue weighted by molar-refractivity contribution is 6.67. The molecule has 0 heterocycles. The van der Waals surface area contributed by atoms with Crippen LogP contribution in [-0.4, -0.2) is 28.2 Å². The standard InChI is InChI=1S/C2H10O3Si2/c1-7(2,4)5-6-3/h3-4H,6H2,1-2H3. The lowest BCUT2D eigenvalue weighted by molar-refractivity contribution is 0.360. The summed E-state index contributed by atoms with van der Waals surface area (Å²) in [5.41, 5.74) is 0. The first-order chi connectivity index (χ1) is 3.06. The maximum absolute atomic E-state index is 8.81. The predicted molar refractivity (Wildman–Crippen MR) is 31.5 cm³/mol. The van der Waals surface area contributed by atoms with Crippen molar-refractivity contribution in [2.45, 2.75) is 13.1 Å². The first kappa shape index (κ1) is 7.31. The highest BCUT2D eigenvalue weighted by atomic mass is 28.4. The Morgan fingerprint density at radius 3 is 2.00 bits per heavy atom. The van der Waals surface area contributed by atoms with E-state index in [1.807, 2.05) is 0 Å². The summed E-state index contributed by atoms with van der Waals surface area (Å²) in [6.07, 6.45) is 0. The van der Waals surface area contributed by atoms with E-state index in [-0.39, 0.29) is 0 Å². The molecule has 0 radical (unpaired) electrons.